The van der Waals surface area contributed by atoms with E-state index in [0.717, 1.165) is 27.8 Å². The Morgan fingerprint density at radius 1 is 1.07 bits per heavy atom. The van der Waals surface area contributed by atoms with Gasteiger partial charge in [-0.2, -0.15) is 0 Å². The smallest absolute Gasteiger partial charge is 0.290 e. The summed E-state index contributed by atoms with van der Waals surface area (Å²) in [6.07, 6.45) is 0.740. The van der Waals surface area contributed by atoms with Gasteiger partial charge in [0.1, 0.15) is 5.58 Å². The van der Waals surface area contributed by atoms with Gasteiger partial charge in [-0.15, -0.1) is 11.3 Å². The quantitative estimate of drug-likeness (QED) is 0.450. The Bertz CT molecular complexity index is 1180. The van der Waals surface area contributed by atoms with Crippen molar-refractivity contribution in [1.82, 2.24) is 4.90 Å². The molecule has 0 bridgehead atoms. The highest BCUT2D eigenvalue weighted by atomic mass is 32.1. The van der Waals surface area contributed by atoms with Gasteiger partial charge in [-0.25, -0.2) is 0 Å². The highest BCUT2D eigenvalue weighted by Gasteiger charge is 2.35. The van der Waals surface area contributed by atoms with Crippen molar-refractivity contribution >= 4 is 28.2 Å². The molecule has 0 saturated heterocycles. The summed E-state index contributed by atoms with van der Waals surface area (Å²) < 4.78 is 16.9. The normalized spacial score (nSPS) is 15.8. The number of nitrogens with zero attached hydrogens (tertiary/aromatic N) is 1. The number of furan rings is 1. The van der Waals surface area contributed by atoms with E-state index in [2.05, 4.69) is 6.07 Å². The molecule has 0 saturated carbocycles. The van der Waals surface area contributed by atoms with E-state index in [9.17, 15) is 4.79 Å². The van der Waals surface area contributed by atoms with Crippen molar-refractivity contribution in [3.63, 3.8) is 0 Å². The number of ether oxygens (including phenoxy) is 2. The second-order valence-corrected chi connectivity index (χ2v) is 8.20. The lowest BCUT2D eigenvalue weighted by atomic mass is 9.90. The summed E-state index contributed by atoms with van der Waals surface area (Å²) in [4.78, 5) is 16.5. The third kappa shape index (κ3) is 3.04. The molecular formula is C24H21NO4S. The Hall–Kier alpha value is -3.25. The van der Waals surface area contributed by atoms with Crippen molar-refractivity contribution in [2.24, 2.45) is 0 Å². The fraction of sp³-hybridized carbons (Fsp3) is 0.208. The van der Waals surface area contributed by atoms with E-state index in [1.165, 1.54) is 5.56 Å². The third-order valence-electron chi connectivity index (χ3n) is 5.58. The van der Waals surface area contributed by atoms with E-state index < -0.39 is 0 Å². The van der Waals surface area contributed by atoms with Crippen LogP contribution in [0.5, 0.6) is 11.5 Å². The molecule has 5 nitrogen and oxygen atoms in total. The molecule has 4 aromatic rings. The molecule has 0 fully saturated rings. The Kier molecular flexibility index (Phi) is 4.71. The minimum absolute atomic E-state index is 0.106. The van der Waals surface area contributed by atoms with Gasteiger partial charge in [0.2, 0.25) is 0 Å². The first kappa shape index (κ1) is 18.8. The monoisotopic (exact) mass is 419 g/mol. The van der Waals surface area contributed by atoms with Crippen LogP contribution in [0.3, 0.4) is 0 Å². The average molecular weight is 420 g/mol. The zero-order valence-corrected chi connectivity index (χ0v) is 17.6. The molecule has 30 heavy (non-hydrogen) atoms. The fourth-order valence-corrected chi connectivity index (χ4v) is 5.00. The zero-order valence-electron chi connectivity index (χ0n) is 16.8. The van der Waals surface area contributed by atoms with E-state index >= 15 is 0 Å². The number of para-hydroxylation sites is 1. The second-order valence-electron chi connectivity index (χ2n) is 7.22. The predicted molar refractivity (Wildman–Crippen MR) is 117 cm³/mol. The Labute approximate surface area is 178 Å². The molecule has 1 aliphatic rings. The molecule has 1 atom stereocenters. The van der Waals surface area contributed by atoms with Crippen LogP contribution in [-0.4, -0.2) is 31.6 Å². The summed E-state index contributed by atoms with van der Waals surface area (Å²) >= 11 is 1.64. The van der Waals surface area contributed by atoms with E-state index in [-0.39, 0.29) is 11.9 Å². The van der Waals surface area contributed by atoms with Gasteiger partial charge < -0.3 is 18.8 Å². The van der Waals surface area contributed by atoms with E-state index in [1.807, 2.05) is 58.8 Å². The van der Waals surface area contributed by atoms with Crippen molar-refractivity contribution in [2.75, 3.05) is 20.8 Å². The van der Waals surface area contributed by atoms with Gasteiger partial charge in [0, 0.05) is 16.8 Å². The zero-order chi connectivity index (χ0) is 20.7. The number of hydrogen-bond acceptors (Lipinski definition) is 5. The summed E-state index contributed by atoms with van der Waals surface area (Å²) in [5, 5.41) is 2.96. The number of hydrogen-bond donors (Lipinski definition) is 0. The van der Waals surface area contributed by atoms with Gasteiger partial charge in [-0.3, -0.25) is 4.79 Å². The van der Waals surface area contributed by atoms with Crippen LogP contribution in [0.25, 0.3) is 11.0 Å². The van der Waals surface area contributed by atoms with Crippen LogP contribution >= 0.6 is 11.3 Å². The molecule has 2 aromatic heterocycles. The van der Waals surface area contributed by atoms with Crippen LogP contribution in [0.2, 0.25) is 0 Å². The van der Waals surface area contributed by atoms with Crippen molar-refractivity contribution in [3.05, 3.63) is 81.7 Å². The molecule has 0 N–H and O–H groups in total. The second kappa shape index (κ2) is 7.54. The predicted octanol–water partition coefficient (Wildman–Crippen LogP) is 5.30. The van der Waals surface area contributed by atoms with E-state index in [4.69, 9.17) is 13.9 Å². The van der Waals surface area contributed by atoms with Gasteiger partial charge in [-0.05, 0) is 53.3 Å². The van der Waals surface area contributed by atoms with Crippen LogP contribution in [-0.2, 0) is 6.42 Å². The first-order chi connectivity index (χ1) is 14.7. The lowest BCUT2D eigenvalue weighted by Gasteiger charge is -2.37. The Morgan fingerprint density at radius 3 is 2.60 bits per heavy atom. The lowest BCUT2D eigenvalue weighted by Crippen LogP contribution is -2.40. The molecule has 152 valence electrons. The summed E-state index contributed by atoms with van der Waals surface area (Å²) in [6.45, 7) is 0.598. The maximum atomic E-state index is 13.5. The molecule has 0 radical (unpaired) electrons. The van der Waals surface area contributed by atoms with Crippen molar-refractivity contribution in [1.29, 1.82) is 0 Å². The molecule has 2 aromatic carbocycles. The van der Waals surface area contributed by atoms with Crippen molar-refractivity contribution < 1.29 is 18.7 Å². The fourth-order valence-electron chi connectivity index (χ4n) is 4.15. The number of thiophene rings is 1. The Balaban J connectivity index is 1.61. The number of fused-ring (bicyclic) bond motifs is 2. The van der Waals surface area contributed by atoms with Gasteiger partial charge in [0.05, 0.1) is 20.3 Å². The maximum Gasteiger partial charge on any atom is 0.290 e. The standard InChI is InChI=1S/C24H21NO4S/c1-27-19-12-15-9-10-25(24(26)21-13-16-6-3-4-7-18(16)29-21)23(22-8-5-11-30-22)17(15)14-20(19)28-2/h3-8,11-14,23H,9-10H2,1-2H3. The maximum absolute atomic E-state index is 13.5. The molecule has 1 unspecified atom stereocenters. The number of amides is 1. The van der Waals surface area contributed by atoms with Crippen molar-refractivity contribution in [3.8, 4) is 11.5 Å². The molecule has 0 aliphatic carbocycles. The number of benzene rings is 2. The minimum atomic E-state index is -0.200. The molecule has 0 spiro atoms. The van der Waals surface area contributed by atoms with Crippen LogP contribution in [0.4, 0.5) is 0 Å². The highest BCUT2D eigenvalue weighted by molar-refractivity contribution is 7.10. The minimum Gasteiger partial charge on any atom is -0.493 e. The lowest BCUT2D eigenvalue weighted by molar-refractivity contribution is 0.0666. The number of rotatable bonds is 4. The molecular weight excluding hydrogens is 398 g/mol. The molecule has 6 heteroatoms. The van der Waals surface area contributed by atoms with Gasteiger partial charge in [0.15, 0.2) is 17.3 Å². The van der Waals surface area contributed by atoms with Gasteiger partial charge >= 0.3 is 0 Å². The van der Waals surface area contributed by atoms with Crippen LogP contribution < -0.4 is 9.47 Å². The van der Waals surface area contributed by atoms with Gasteiger partial charge in [0.25, 0.3) is 5.91 Å². The summed E-state index contributed by atoms with van der Waals surface area (Å²) in [6, 6.07) is 17.4. The first-order valence-corrected chi connectivity index (χ1v) is 10.7. The topological polar surface area (TPSA) is 51.9 Å². The molecule has 5 rings (SSSR count). The van der Waals surface area contributed by atoms with Crippen LogP contribution in [0.15, 0.2) is 64.4 Å². The molecule has 1 aliphatic heterocycles. The summed E-state index contributed by atoms with van der Waals surface area (Å²) in [5.74, 6) is 1.63. The van der Waals surface area contributed by atoms with E-state index in [0.29, 0.717) is 23.8 Å². The van der Waals surface area contributed by atoms with Crippen LogP contribution in [0, 0.1) is 0 Å². The Morgan fingerprint density at radius 2 is 1.87 bits per heavy atom. The van der Waals surface area contributed by atoms with Gasteiger partial charge in [-0.1, -0.05) is 24.3 Å². The summed E-state index contributed by atoms with van der Waals surface area (Å²) in [5.41, 5.74) is 2.95. The third-order valence-corrected chi connectivity index (χ3v) is 6.51. The highest BCUT2D eigenvalue weighted by Crippen LogP contribution is 2.42. The SMILES string of the molecule is COc1cc2c(cc1OC)C(c1cccs1)N(C(=O)c1cc3ccccc3o1)CC2. The largest absolute Gasteiger partial charge is 0.493 e. The van der Waals surface area contributed by atoms with Crippen molar-refractivity contribution in [2.45, 2.75) is 12.5 Å². The summed E-state index contributed by atoms with van der Waals surface area (Å²) in [7, 11) is 3.27. The number of carbonyl (C=O) groups is 1. The van der Waals surface area contributed by atoms with E-state index in [1.54, 1.807) is 25.6 Å². The van der Waals surface area contributed by atoms with Crippen LogP contribution in [0.1, 0.15) is 32.6 Å². The average Bonchev–Trinajstić information content (AvgIpc) is 3.46. The first-order valence-electron chi connectivity index (χ1n) is 9.77. The molecule has 1 amide bonds. The molecule has 3 heterocycles. The number of carbonyl (C=O) groups excluding carboxylic acids is 1. The number of methoxy groups -OCH3 is 2.